The number of rotatable bonds is 5. The molecule has 1 aromatic rings. The Labute approximate surface area is 86.1 Å². The maximum absolute atomic E-state index is 11.5. The Morgan fingerprint density at radius 1 is 1.29 bits per heavy atom. The molecule has 0 fully saturated rings. The summed E-state index contributed by atoms with van der Waals surface area (Å²) in [7, 11) is 0. The van der Waals surface area contributed by atoms with Crippen molar-refractivity contribution in [1.82, 2.24) is 0 Å². The lowest BCUT2D eigenvalue weighted by Gasteiger charge is -2.03. The van der Waals surface area contributed by atoms with Crippen molar-refractivity contribution in [3.63, 3.8) is 0 Å². The Hall–Kier alpha value is -1.11. The standard InChI is InChI=1S/C13H17O/c1-11(2)8-9-13(14)10-12-6-4-3-5-7-12/h3-7,9,11H,8,10H2,1-2H3. The fourth-order valence-corrected chi connectivity index (χ4v) is 1.24. The van der Waals surface area contributed by atoms with Gasteiger partial charge in [0.25, 0.3) is 0 Å². The zero-order valence-corrected chi connectivity index (χ0v) is 8.86. The van der Waals surface area contributed by atoms with Gasteiger partial charge >= 0.3 is 0 Å². The highest BCUT2D eigenvalue weighted by Gasteiger charge is 2.04. The summed E-state index contributed by atoms with van der Waals surface area (Å²) in [6, 6.07) is 9.87. The molecule has 14 heavy (non-hydrogen) atoms. The first-order chi connectivity index (χ1) is 6.68. The molecule has 0 aliphatic carbocycles. The maximum Gasteiger partial charge on any atom is 0.141 e. The molecular weight excluding hydrogens is 172 g/mol. The molecule has 1 nitrogen and oxygen atoms in total. The Bertz CT molecular complexity index is 275. The van der Waals surface area contributed by atoms with Crippen molar-refractivity contribution in [2.75, 3.05) is 0 Å². The molecule has 0 atom stereocenters. The lowest BCUT2D eigenvalue weighted by atomic mass is 10.0. The van der Waals surface area contributed by atoms with Crippen molar-refractivity contribution in [2.24, 2.45) is 5.92 Å². The van der Waals surface area contributed by atoms with Gasteiger partial charge in [-0.15, -0.1) is 0 Å². The second-order valence-electron chi connectivity index (χ2n) is 3.96. The van der Waals surface area contributed by atoms with E-state index < -0.39 is 0 Å². The minimum absolute atomic E-state index is 0.227. The molecule has 0 aliphatic rings. The summed E-state index contributed by atoms with van der Waals surface area (Å²) in [5, 5.41) is 0. The van der Waals surface area contributed by atoms with Crippen LogP contribution in [0.5, 0.6) is 0 Å². The van der Waals surface area contributed by atoms with Crippen LogP contribution < -0.4 is 0 Å². The van der Waals surface area contributed by atoms with Crippen LogP contribution in [-0.4, -0.2) is 5.78 Å². The third-order valence-electron chi connectivity index (χ3n) is 2.04. The minimum Gasteiger partial charge on any atom is -0.299 e. The molecule has 75 valence electrons. The molecule has 1 radical (unpaired) electrons. The average Bonchev–Trinajstić information content (AvgIpc) is 2.16. The van der Waals surface area contributed by atoms with Crippen LogP contribution in [0.3, 0.4) is 0 Å². The van der Waals surface area contributed by atoms with Gasteiger partial charge in [-0.2, -0.15) is 0 Å². The largest absolute Gasteiger partial charge is 0.299 e. The lowest BCUT2D eigenvalue weighted by molar-refractivity contribution is -0.115. The van der Waals surface area contributed by atoms with E-state index in [0.717, 1.165) is 12.0 Å². The molecule has 0 aliphatic heterocycles. The number of benzene rings is 1. The van der Waals surface area contributed by atoms with Crippen molar-refractivity contribution >= 4 is 5.78 Å². The predicted molar refractivity (Wildman–Crippen MR) is 58.9 cm³/mol. The second kappa shape index (κ2) is 5.58. The Balaban J connectivity index is 2.35. The summed E-state index contributed by atoms with van der Waals surface area (Å²) < 4.78 is 0. The summed E-state index contributed by atoms with van der Waals surface area (Å²) in [5.74, 6) is 0.791. The SMILES string of the molecule is CC(C)C[CH]C(=O)Cc1ccccc1. The van der Waals surface area contributed by atoms with E-state index in [1.54, 1.807) is 6.42 Å². The van der Waals surface area contributed by atoms with Crippen molar-refractivity contribution in [2.45, 2.75) is 26.7 Å². The first kappa shape index (κ1) is 11.0. The minimum atomic E-state index is 0.227. The van der Waals surface area contributed by atoms with Gasteiger partial charge in [0.1, 0.15) is 5.78 Å². The van der Waals surface area contributed by atoms with Gasteiger partial charge in [0, 0.05) is 12.8 Å². The number of Topliss-reactive ketones (excluding diaryl/α,β-unsaturated/α-hetero) is 1. The molecule has 1 heteroatoms. The molecule has 0 N–H and O–H groups in total. The van der Waals surface area contributed by atoms with E-state index in [1.807, 2.05) is 30.3 Å². The number of ketones is 1. The molecule has 0 saturated heterocycles. The second-order valence-corrected chi connectivity index (χ2v) is 3.96. The molecular formula is C13H17O. The van der Waals surface area contributed by atoms with Crippen molar-refractivity contribution in [1.29, 1.82) is 0 Å². The molecule has 0 aromatic heterocycles. The average molecular weight is 189 g/mol. The first-order valence-electron chi connectivity index (χ1n) is 5.08. The van der Waals surface area contributed by atoms with Crippen molar-refractivity contribution in [3.8, 4) is 0 Å². The highest BCUT2D eigenvalue weighted by atomic mass is 16.1. The van der Waals surface area contributed by atoms with E-state index in [1.165, 1.54) is 0 Å². The number of carbonyl (C=O) groups is 1. The van der Waals surface area contributed by atoms with Crippen LogP contribution in [-0.2, 0) is 11.2 Å². The van der Waals surface area contributed by atoms with Gasteiger partial charge in [-0.25, -0.2) is 0 Å². The van der Waals surface area contributed by atoms with Gasteiger partial charge in [0.2, 0.25) is 0 Å². The molecule has 1 aromatic carbocycles. The zero-order valence-electron chi connectivity index (χ0n) is 8.86. The lowest BCUT2D eigenvalue weighted by Crippen LogP contribution is -2.05. The predicted octanol–water partition coefficient (Wildman–Crippen LogP) is 3.05. The highest BCUT2D eigenvalue weighted by Crippen LogP contribution is 2.06. The third kappa shape index (κ3) is 4.22. The third-order valence-corrected chi connectivity index (χ3v) is 2.04. The summed E-state index contributed by atoms with van der Waals surface area (Å²) in [6.45, 7) is 4.23. The summed E-state index contributed by atoms with van der Waals surface area (Å²) in [5.41, 5.74) is 1.09. The monoisotopic (exact) mass is 189 g/mol. The first-order valence-corrected chi connectivity index (χ1v) is 5.08. The molecule has 0 spiro atoms. The van der Waals surface area contributed by atoms with Gasteiger partial charge in [-0.3, -0.25) is 4.79 Å². The van der Waals surface area contributed by atoms with E-state index in [2.05, 4.69) is 13.8 Å². The molecule has 1 rings (SSSR count). The maximum atomic E-state index is 11.5. The van der Waals surface area contributed by atoms with Crippen LogP contribution in [0.25, 0.3) is 0 Å². The van der Waals surface area contributed by atoms with Crippen LogP contribution in [0.2, 0.25) is 0 Å². The van der Waals surface area contributed by atoms with Gasteiger partial charge in [0.05, 0.1) is 0 Å². The fraction of sp³-hybridized carbons (Fsp3) is 0.385. The van der Waals surface area contributed by atoms with Crippen LogP contribution in [0.1, 0.15) is 25.8 Å². The Kier molecular flexibility index (Phi) is 4.37. The van der Waals surface area contributed by atoms with E-state index in [-0.39, 0.29) is 5.78 Å². The molecule has 0 unspecified atom stereocenters. The number of hydrogen-bond acceptors (Lipinski definition) is 1. The highest BCUT2D eigenvalue weighted by molar-refractivity contribution is 5.88. The van der Waals surface area contributed by atoms with Crippen LogP contribution in [0.15, 0.2) is 30.3 Å². The van der Waals surface area contributed by atoms with E-state index >= 15 is 0 Å². The summed E-state index contributed by atoms with van der Waals surface area (Å²) in [6.07, 6.45) is 3.22. The van der Waals surface area contributed by atoms with Crippen molar-refractivity contribution < 1.29 is 4.79 Å². The topological polar surface area (TPSA) is 17.1 Å². The summed E-state index contributed by atoms with van der Waals surface area (Å²) >= 11 is 0. The normalized spacial score (nSPS) is 10.5. The van der Waals surface area contributed by atoms with Gasteiger partial charge in [-0.1, -0.05) is 44.2 Å². The zero-order chi connectivity index (χ0) is 10.4. The molecule has 0 amide bonds. The molecule has 0 saturated carbocycles. The number of carbonyl (C=O) groups excluding carboxylic acids is 1. The Morgan fingerprint density at radius 3 is 2.50 bits per heavy atom. The smallest absolute Gasteiger partial charge is 0.141 e. The number of hydrogen-bond donors (Lipinski definition) is 0. The quantitative estimate of drug-likeness (QED) is 0.695. The van der Waals surface area contributed by atoms with E-state index in [4.69, 9.17) is 0 Å². The van der Waals surface area contributed by atoms with Crippen LogP contribution in [0.4, 0.5) is 0 Å². The van der Waals surface area contributed by atoms with Crippen LogP contribution in [0, 0.1) is 12.3 Å². The molecule has 0 heterocycles. The summed E-state index contributed by atoms with van der Waals surface area (Å²) in [4.78, 5) is 11.5. The van der Waals surface area contributed by atoms with Crippen LogP contribution >= 0.6 is 0 Å². The van der Waals surface area contributed by atoms with Crippen molar-refractivity contribution in [3.05, 3.63) is 42.3 Å². The van der Waals surface area contributed by atoms with E-state index in [0.29, 0.717) is 12.3 Å². The van der Waals surface area contributed by atoms with Gasteiger partial charge < -0.3 is 0 Å². The molecule has 0 bridgehead atoms. The fourth-order valence-electron chi connectivity index (χ4n) is 1.24. The van der Waals surface area contributed by atoms with Gasteiger partial charge in [0.15, 0.2) is 0 Å². The Morgan fingerprint density at radius 2 is 1.93 bits per heavy atom. The van der Waals surface area contributed by atoms with E-state index in [9.17, 15) is 4.79 Å². The van der Waals surface area contributed by atoms with Gasteiger partial charge in [-0.05, 0) is 17.9 Å².